The molecule has 1 unspecified atom stereocenters. The number of carbonyl (C=O) groups excluding carboxylic acids is 6. The van der Waals surface area contributed by atoms with Gasteiger partial charge >= 0.3 is 29.8 Å². The summed E-state index contributed by atoms with van der Waals surface area (Å²) in [6.07, 6.45) is -1.70. The van der Waals surface area contributed by atoms with E-state index in [4.69, 9.17) is 23.7 Å². The van der Waals surface area contributed by atoms with Crippen LogP contribution in [0.1, 0.15) is 52.9 Å². The molecule has 2 heterocycles. The van der Waals surface area contributed by atoms with Gasteiger partial charge in [-0.25, -0.2) is 19.2 Å². The van der Waals surface area contributed by atoms with Crippen LogP contribution in [0.4, 0.5) is 0 Å². The highest BCUT2D eigenvalue weighted by Crippen LogP contribution is 2.83. The summed E-state index contributed by atoms with van der Waals surface area (Å²) in [5.41, 5.74) is -2.95. The first-order chi connectivity index (χ1) is 25.5. The number of carbonyl (C=O) groups is 6. The fourth-order valence-electron chi connectivity index (χ4n) is 12.6. The second-order valence-electron chi connectivity index (χ2n) is 17.0. The van der Waals surface area contributed by atoms with Crippen molar-refractivity contribution < 1.29 is 72.9 Å². The topological polar surface area (TPSA) is 229 Å². The van der Waals surface area contributed by atoms with Crippen LogP contribution < -0.4 is 0 Å². The van der Waals surface area contributed by atoms with Gasteiger partial charge in [-0.15, -0.1) is 0 Å². The number of aliphatic hydroxyl groups is 4. The molecule has 5 saturated carbocycles. The number of ether oxygens (including phenoxy) is 5. The molecule has 2 bridgehead atoms. The summed E-state index contributed by atoms with van der Waals surface area (Å²) in [6.45, 7) is 3.59. The van der Waals surface area contributed by atoms with E-state index in [-0.39, 0.29) is 46.8 Å². The van der Waals surface area contributed by atoms with Crippen LogP contribution in [0.5, 0.6) is 0 Å². The van der Waals surface area contributed by atoms with Crippen LogP contribution in [0.3, 0.4) is 0 Å². The zero-order chi connectivity index (χ0) is 38.6. The van der Waals surface area contributed by atoms with Gasteiger partial charge in [-0.05, 0) is 72.8 Å². The average Bonchev–Trinajstić information content (AvgIpc) is 4.05. The average molecular weight is 751 g/mol. The third-order valence-corrected chi connectivity index (χ3v) is 15.1. The summed E-state index contributed by atoms with van der Waals surface area (Å²) in [5.74, 6) is -9.33. The van der Waals surface area contributed by atoms with Gasteiger partial charge in [0.25, 0.3) is 0 Å². The lowest BCUT2D eigenvalue weighted by atomic mass is 9.42. The van der Waals surface area contributed by atoms with Crippen LogP contribution in [0.2, 0.25) is 0 Å². The molecule has 15 nitrogen and oxygen atoms in total. The minimum atomic E-state index is -1.97. The van der Waals surface area contributed by atoms with Gasteiger partial charge in [-0.1, -0.05) is 19.4 Å². The van der Waals surface area contributed by atoms with Gasteiger partial charge in [0.15, 0.2) is 11.9 Å². The Bertz CT molecular complexity index is 2010. The summed E-state index contributed by atoms with van der Waals surface area (Å²) in [7, 11) is 1.19. The van der Waals surface area contributed by atoms with Crippen LogP contribution in [0.25, 0.3) is 0 Å². The third kappa shape index (κ3) is 4.17. The Morgan fingerprint density at radius 1 is 0.926 bits per heavy atom. The molecule has 0 aromatic carbocycles. The maximum absolute atomic E-state index is 14.6. The van der Waals surface area contributed by atoms with Crippen molar-refractivity contribution >= 4 is 35.6 Å². The highest BCUT2D eigenvalue weighted by atomic mass is 16.6. The van der Waals surface area contributed by atoms with Crippen molar-refractivity contribution in [3.8, 4) is 0 Å². The zero-order valence-electron chi connectivity index (χ0n) is 30.2. The molecular formula is C39H42O15. The van der Waals surface area contributed by atoms with Crippen molar-refractivity contribution in [1.29, 1.82) is 0 Å². The molecule has 0 aromatic rings. The Kier molecular flexibility index (Phi) is 7.29. The molecule has 0 saturated heterocycles. The van der Waals surface area contributed by atoms with Crippen molar-refractivity contribution in [2.24, 2.45) is 52.3 Å². The monoisotopic (exact) mass is 750 g/mol. The van der Waals surface area contributed by atoms with Gasteiger partial charge in [0.2, 0.25) is 5.76 Å². The number of aliphatic hydroxyl groups excluding tert-OH is 3. The van der Waals surface area contributed by atoms with E-state index in [2.05, 4.69) is 0 Å². The Morgan fingerprint density at radius 3 is 2.39 bits per heavy atom. The quantitative estimate of drug-likeness (QED) is 0.126. The Hall–Kier alpha value is -4.34. The normalized spacial score (nSPS) is 48.0. The number of esters is 5. The number of cyclic esters (lactones) is 3. The fourth-order valence-corrected chi connectivity index (χ4v) is 12.6. The molecule has 2 aliphatic heterocycles. The van der Waals surface area contributed by atoms with Gasteiger partial charge in [-0.2, -0.15) is 0 Å². The first-order valence-electron chi connectivity index (χ1n) is 18.5. The first-order valence-corrected chi connectivity index (χ1v) is 18.5. The molecule has 54 heavy (non-hydrogen) atoms. The second kappa shape index (κ2) is 11.1. The summed E-state index contributed by atoms with van der Waals surface area (Å²) < 4.78 is 27.6. The van der Waals surface area contributed by atoms with E-state index in [1.807, 2.05) is 13.8 Å². The summed E-state index contributed by atoms with van der Waals surface area (Å²) in [6, 6.07) is 0. The van der Waals surface area contributed by atoms with Crippen molar-refractivity contribution in [3.05, 3.63) is 45.3 Å². The second-order valence-corrected chi connectivity index (χ2v) is 17.0. The first kappa shape index (κ1) is 35.4. The van der Waals surface area contributed by atoms with Crippen LogP contribution in [-0.4, -0.2) is 106 Å². The van der Waals surface area contributed by atoms with Gasteiger partial charge in [0.1, 0.15) is 37.1 Å². The van der Waals surface area contributed by atoms with Gasteiger partial charge in [0.05, 0.1) is 25.0 Å². The van der Waals surface area contributed by atoms with Crippen molar-refractivity contribution in [2.75, 3.05) is 26.9 Å². The van der Waals surface area contributed by atoms with E-state index in [9.17, 15) is 49.2 Å². The number of fused-ring (bicyclic) bond motifs is 7. The number of rotatable bonds is 1. The predicted molar refractivity (Wildman–Crippen MR) is 177 cm³/mol. The SMILES string of the molecule is COC(=O)/C(C)=C1\C(=O)[C@H](O)[C@]2(C)C3=C(C[C@@H]4[C@]5(OC(=O)C6=C5C[C@H]5[C@](O)(COC(=O)/C(O)=C\COC(=O)C(O)CC(=O)OC6)[C@H]6C[C@H]6[C@]45C)[C@H]31)[C@H]1C[C@H]12. The Balaban J connectivity index is 1.26. The molecule has 4 N–H and O–H groups in total. The molecule has 9 rings (SSSR count). The number of allylic oxidation sites excluding steroid dienone is 1. The molecular weight excluding hydrogens is 708 g/mol. The van der Waals surface area contributed by atoms with Crippen molar-refractivity contribution in [2.45, 2.75) is 76.3 Å². The van der Waals surface area contributed by atoms with Gasteiger partial charge in [-0.3, -0.25) is 9.59 Å². The molecule has 0 radical (unpaired) electrons. The lowest BCUT2D eigenvalue weighted by Gasteiger charge is -2.63. The largest absolute Gasteiger partial charge is 0.502 e. The number of ketones is 1. The van der Waals surface area contributed by atoms with Crippen molar-refractivity contribution in [3.63, 3.8) is 0 Å². The molecule has 1 spiro atoms. The number of hydrogen-bond donors (Lipinski definition) is 4. The Labute approximate surface area is 309 Å². The number of hydrogen-bond acceptors (Lipinski definition) is 15. The maximum Gasteiger partial charge on any atom is 0.373 e. The van der Waals surface area contributed by atoms with Crippen LogP contribution in [0.15, 0.2) is 45.3 Å². The predicted octanol–water partition coefficient (Wildman–Crippen LogP) is 0.844. The summed E-state index contributed by atoms with van der Waals surface area (Å²) in [5, 5.41) is 45.2. The van der Waals surface area contributed by atoms with E-state index < -0.39 is 120 Å². The highest BCUT2D eigenvalue weighted by molar-refractivity contribution is 6.09. The lowest BCUT2D eigenvalue weighted by molar-refractivity contribution is -0.191. The number of methoxy groups -OCH3 is 1. The van der Waals surface area contributed by atoms with Gasteiger partial charge < -0.3 is 44.1 Å². The van der Waals surface area contributed by atoms with E-state index in [1.54, 1.807) is 0 Å². The lowest BCUT2D eigenvalue weighted by Crippen LogP contribution is -2.67. The molecule has 15 heteroatoms. The minimum Gasteiger partial charge on any atom is -0.502 e. The van der Waals surface area contributed by atoms with Crippen LogP contribution in [-0.2, 0) is 52.5 Å². The zero-order valence-corrected chi connectivity index (χ0v) is 30.2. The molecule has 7 aliphatic carbocycles. The van der Waals surface area contributed by atoms with E-state index in [0.29, 0.717) is 18.4 Å². The van der Waals surface area contributed by atoms with Crippen LogP contribution >= 0.6 is 0 Å². The minimum absolute atomic E-state index is 0.00652. The third-order valence-electron chi connectivity index (χ3n) is 15.1. The molecule has 0 amide bonds. The van der Waals surface area contributed by atoms with Gasteiger partial charge in [0, 0.05) is 34.5 Å². The van der Waals surface area contributed by atoms with E-state index in [0.717, 1.165) is 23.6 Å². The van der Waals surface area contributed by atoms with E-state index in [1.165, 1.54) is 14.0 Å². The maximum atomic E-state index is 14.6. The summed E-state index contributed by atoms with van der Waals surface area (Å²) in [4.78, 5) is 80.5. The highest BCUT2D eigenvalue weighted by Gasteiger charge is 2.84. The Morgan fingerprint density at radius 2 is 1.67 bits per heavy atom. The molecule has 13 atom stereocenters. The van der Waals surface area contributed by atoms with E-state index >= 15 is 0 Å². The summed E-state index contributed by atoms with van der Waals surface area (Å²) >= 11 is 0. The van der Waals surface area contributed by atoms with Crippen LogP contribution in [0, 0.1) is 52.3 Å². The molecule has 0 aromatic heterocycles. The molecule has 288 valence electrons. The molecule has 9 aliphatic rings. The number of Topliss-reactive ketones (excluding diaryl/α,β-unsaturated/α-hetero) is 1. The molecule has 5 fully saturated rings. The fraction of sp³-hybridized carbons (Fsp3) is 0.641. The standard InChI is InChI=1S/C39H42O15/c1-14(32(45)50-4)27-29-28-16(15-7-18(15)37(28,3)31(44)30(27)43)8-25-36(2)20-9-21(20)38(49)13-53-34(47)22(40)5-6-51-35(48)23(41)11-26(42)52-12-17-19(10-24(36)38)39(25,29)54-33(17)46/h5,15,18,20-21,23-25,29,31,40-41,44,49H,6-13H2,1-4H3/b22-5+,27-14-/t15-,18-,20-,21+,23?,24-,25+,29+,31+,36+,37+,38+,39+/m1/s1. The smallest absolute Gasteiger partial charge is 0.373 e. The van der Waals surface area contributed by atoms with Crippen molar-refractivity contribution in [1.82, 2.24) is 0 Å².